The fraction of sp³-hybridized carbons (Fsp3) is 0.357. The first-order valence-corrected chi connectivity index (χ1v) is 7.63. The van der Waals surface area contributed by atoms with E-state index in [0.29, 0.717) is 0 Å². The van der Waals surface area contributed by atoms with Crippen LogP contribution in [0.5, 0.6) is 5.75 Å². The van der Waals surface area contributed by atoms with Crippen molar-refractivity contribution in [1.82, 2.24) is 4.98 Å². The summed E-state index contributed by atoms with van der Waals surface area (Å²) in [6.45, 7) is 4.03. The molecule has 0 spiro atoms. The molecule has 5 heteroatoms. The molecule has 0 fully saturated rings. The van der Waals surface area contributed by atoms with Gasteiger partial charge in [-0.15, -0.1) is 11.3 Å². The van der Waals surface area contributed by atoms with E-state index in [0.717, 1.165) is 37.7 Å². The average Bonchev–Trinajstić information content (AvgIpc) is 2.80. The van der Waals surface area contributed by atoms with Gasteiger partial charge in [-0.2, -0.15) is 0 Å². The Hall–Kier alpha value is -0.910. The topological polar surface area (TPSA) is 48.1 Å². The largest absolute Gasteiger partial charge is 0.496 e. The summed E-state index contributed by atoms with van der Waals surface area (Å²) < 4.78 is 6.52. The number of halogens is 1. The van der Waals surface area contributed by atoms with Crippen molar-refractivity contribution in [2.24, 2.45) is 5.73 Å². The van der Waals surface area contributed by atoms with Gasteiger partial charge in [-0.3, -0.25) is 4.98 Å². The number of aromatic nitrogens is 1. The lowest BCUT2D eigenvalue weighted by Gasteiger charge is -2.15. The highest BCUT2D eigenvalue weighted by Gasteiger charge is 2.15. The molecule has 102 valence electrons. The summed E-state index contributed by atoms with van der Waals surface area (Å²) in [7, 11) is 1.69. The third kappa shape index (κ3) is 3.16. The fourth-order valence-corrected chi connectivity index (χ4v) is 3.54. The number of pyridine rings is 1. The van der Waals surface area contributed by atoms with E-state index in [1.165, 1.54) is 0 Å². The first-order valence-electron chi connectivity index (χ1n) is 6.02. The van der Waals surface area contributed by atoms with E-state index >= 15 is 0 Å². The van der Waals surface area contributed by atoms with Crippen LogP contribution in [0.25, 0.3) is 0 Å². The van der Waals surface area contributed by atoms with Gasteiger partial charge in [-0.25, -0.2) is 0 Å². The highest BCUT2D eigenvalue weighted by atomic mass is 79.9. The maximum atomic E-state index is 6.25. The molecule has 0 aliphatic heterocycles. The second-order valence-electron chi connectivity index (χ2n) is 4.50. The molecule has 0 amide bonds. The molecular formula is C14H17BrN2OS. The number of ether oxygens (including phenoxy) is 1. The Morgan fingerprint density at radius 3 is 2.74 bits per heavy atom. The number of hydrogen-bond donors (Lipinski definition) is 1. The average molecular weight is 341 g/mol. The zero-order valence-corrected chi connectivity index (χ0v) is 13.6. The summed E-state index contributed by atoms with van der Waals surface area (Å²) in [6.07, 6.45) is 2.56. The molecule has 0 aliphatic rings. The molecule has 0 aliphatic carbocycles. The number of nitrogens with zero attached hydrogens (tertiary/aromatic N) is 1. The van der Waals surface area contributed by atoms with E-state index in [9.17, 15) is 0 Å². The lowest BCUT2D eigenvalue weighted by Crippen LogP contribution is -2.14. The second kappa shape index (κ2) is 6.03. The molecule has 2 aromatic heterocycles. The van der Waals surface area contributed by atoms with Crippen molar-refractivity contribution in [2.75, 3.05) is 7.11 Å². The number of hydrogen-bond acceptors (Lipinski definition) is 4. The molecule has 2 rings (SSSR count). The summed E-state index contributed by atoms with van der Waals surface area (Å²) in [6, 6.07) is 4.05. The smallest absolute Gasteiger partial charge is 0.128 e. The van der Waals surface area contributed by atoms with Crippen molar-refractivity contribution in [3.05, 3.63) is 43.8 Å². The Bertz CT molecular complexity index is 583. The Labute approximate surface area is 125 Å². The van der Waals surface area contributed by atoms with Gasteiger partial charge in [0.1, 0.15) is 5.75 Å². The monoisotopic (exact) mass is 340 g/mol. The van der Waals surface area contributed by atoms with E-state index in [2.05, 4.69) is 27.0 Å². The minimum atomic E-state index is -0.0325. The molecule has 0 radical (unpaired) electrons. The molecule has 0 saturated heterocycles. The van der Waals surface area contributed by atoms with E-state index in [4.69, 9.17) is 10.5 Å². The second-order valence-corrected chi connectivity index (χ2v) is 6.99. The molecule has 0 aromatic carbocycles. The third-order valence-corrected chi connectivity index (χ3v) is 4.88. The standard InChI is InChI=1S/C14H17BrN2OS/c1-8-7-17-11(9(2)14(8)18-3)6-10(16)12-4-5-13(15)19-12/h4-5,7,10H,6,16H2,1-3H3. The summed E-state index contributed by atoms with van der Waals surface area (Å²) in [5.41, 5.74) is 9.38. The normalized spacial score (nSPS) is 12.5. The van der Waals surface area contributed by atoms with Crippen LogP contribution in [0.2, 0.25) is 0 Å². The lowest BCUT2D eigenvalue weighted by atomic mass is 10.0. The van der Waals surface area contributed by atoms with Gasteiger partial charge in [-0.05, 0) is 41.9 Å². The Morgan fingerprint density at radius 1 is 1.42 bits per heavy atom. The summed E-state index contributed by atoms with van der Waals surface area (Å²) in [5, 5.41) is 0. The predicted molar refractivity (Wildman–Crippen MR) is 82.9 cm³/mol. The van der Waals surface area contributed by atoms with Crippen molar-refractivity contribution in [3.63, 3.8) is 0 Å². The van der Waals surface area contributed by atoms with Crippen LogP contribution in [-0.4, -0.2) is 12.1 Å². The predicted octanol–water partition coefficient (Wildman–Crippen LogP) is 3.77. The summed E-state index contributed by atoms with van der Waals surface area (Å²) in [5.74, 6) is 0.907. The fourth-order valence-electron chi connectivity index (χ4n) is 2.11. The quantitative estimate of drug-likeness (QED) is 0.921. The van der Waals surface area contributed by atoms with E-state index < -0.39 is 0 Å². The highest BCUT2D eigenvalue weighted by molar-refractivity contribution is 9.11. The van der Waals surface area contributed by atoms with Gasteiger partial charge >= 0.3 is 0 Å². The summed E-state index contributed by atoms with van der Waals surface area (Å²) >= 11 is 5.13. The van der Waals surface area contributed by atoms with Gasteiger partial charge < -0.3 is 10.5 Å². The zero-order chi connectivity index (χ0) is 14.0. The molecule has 2 heterocycles. The van der Waals surface area contributed by atoms with Crippen molar-refractivity contribution in [2.45, 2.75) is 26.3 Å². The van der Waals surface area contributed by atoms with Crippen molar-refractivity contribution < 1.29 is 4.74 Å². The van der Waals surface area contributed by atoms with Crippen LogP contribution >= 0.6 is 27.3 Å². The van der Waals surface area contributed by atoms with Crippen LogP contribution in [-0.2, 0) is 6.42 Å². The van der Waals surface area contributed by atoms with Crippen molar-refractivity contribution in [1.29, 1.82) is 0 Å². The van der Waals surface area contributed by atoms with E-state index in [-0.39, 0.29) is 6.04 Å². The van der Waals surface area contributed by atoms with Gasteiger partial charge in [0.2, 0.25) is 0 Å². The van der Waals surface area contributed by atoms with Crippen LogP contribution in [0.4, 0.5) is 0 Å². The Balaban J connectivity index is 2.24. The Kier molecular flexibility index (Phi) is 4.60. The molecular weight excluding hydrogens is 324 g/mol. The van der Waals surface area contributed by atoms with Crippen molar-refractivity contribution >= 4 is 27.3 Å². The van der Waals surface area contributed by atoms with E-state index in [1.807, 2.05) is 26.1 Å². The molecule has 2 N–H and O–H groups in total. The number of aryl methyl sites for hydroxylation is 1. The molecule has 0 saturated carbocycles. The molecule has 2 aromatic rings. The number of rotatable bonds is 4. The van der Waals surface area contributed by atoms with Gasteiger partial charge in [0.05, 0.1) is 10.9 Å². The maximum Gasteiger partial charge on any atom is 0.128 e. The maximum absolute atomic E-state index is 6.25. The number of nitrogens with two attached hydrogens (primary N) is 1. The third-order valence-electron chi connectivity index (χ3n) is 3.12. The Morgan fingerprint density at radius 2 is 2.16 bits per heavy atom. The van der Waals surface area contributed by atoms with Gasteiger partial charge in [0, 0.05) is 40.4 Å². The van der Waals surface area contributed by atoms with Gasteiger partial charge in [-0.1, -0.05) is 0 Å². The highest BCUT2D eigenvalue weighted by Crippen LogP contribution is 2.30. The SMILES string of the molecule is COc1c(C)cnc(CC(N)c2ccc(Br)s2)c1C. The van der Waals surface area contributed by atoms with Crippen molar-refractivity contribution in [3.8, 4) is 5.75 Å². The van der Waals surface area contributed by atoms with Gasteiger partial charge in [0.25, 0.3) is 0 Å². The van der Waals surface area contributed by atoms with E-state index in [1.54, 1.807) is 18.4 Å². The molecule has 1 unspecified atom stereocenters. The molecule has 3 nitrogen and oxygen atoms in total. The first kappa shape index (κ1) is 14.5. The molecule has 0 bridgehead atoms. The van der Waals surface area contributed by atoms with Crippen LogP contribution in [0.15, 0.2) is 22.1 Å². The first-order chi connectivity index (χ1) is 9.02. The minimum Gasteiger partial charge on any atom is -0.496 e. The van der Waals surface area contributed by atoms with Crippen LogP contribution < -0.4 is 10.5 Å². The summed E-state index contributed by atoms with van der Waals surface area (Å²) in [4.78, 5) is 5.65. The number of thiophene rings is 1. The molecule has 1 atom stereocenters. The van der Waals surface area contributed by atoms with Crippen LogP contribution in [0.1, 0.15) is 27.7 Å². The number of methoxy groups -OCH3 is 1. The van der Waals surface area contributed by atoms with Gasteiger partial charge in [0.15, 0.2) is 0 Å². The molecule has 19 heavy (non-hydrogen) atoms. The lowest BCUT2D eigenvalue weighted by molar-refractivity contribution is 0.406. The minimum absolute atomic E-state index is 0.0325. The zero-order valence-electron chi connectivity index (χ0n) is 11.2. The van der Waals surface area contributed by atoms with Crippen LogP contribution in [0, 0.1) is 13.8 Å². The van der Waals surface area contributed by atoms with Crippen LogP contribution in [0.3, 0.4) is 0 Å².